The van der Waals surface area contributed by atoms with Crippen LogP contribution in [-0.4, -0.2) is 25.2 Å². The molecule has 0 aliphatic heterocycles. The van der Waals surface area contributed by atoms with Crippen LogP contribution < -0.4 is 5.32 Å². The number of hydrogen-bond donors (Lipinski definition) is 1. The van der Waals surface area contributed by atoms with Gasteiger partial charge in [0.25, 0.3) is 5.91 Å². The Labute approximate surface area is 152 Å². The summed E-state index contributed by atoms with van der Waals surface area (Å²) in [6, 6.07) is 12.2. The van der Waals surface area contributed by atoms with Crippen LogP contribution in [0.4, 0.5) is 0 Å². The number of hydrogen-bond acceptors (Lipinski definition) is 3. The summed E-state index contributed by atoms with van der Waals surface area (Å²) in [6.45, 7) is 4.53. The second kappa shape index (κ2) is 6.78. The smallest absolute Gasteiger partial charge is 0.272 e. The van der Waals surface area contributed by atoms with Crippen LogP contribution >= 0.6 is 0 Å². The predicted octanol–water partition coefficient (Wildman–Crippen LogP) is 3.28. The van der Waals surface area contributed by atoms with Crippen molar-refractivity contribution >= 4 is 5.91 Å². The Hall–Kier alpha value is -2.89. The van der Waals surface area contributed by atoms with Gasteiger partial charge in [-0.3, -0.25) is 9.48 Å². The summed E-state index contributed by atoms with van der Waals surface area (Å²) in [4.78, 5) is 16.9. The number of rotatable bonds is 6. The van der Waals surface area contributed by atoms with Gasteiger partial charge in [-0.15, -0.1) is 0 Å². The zero-order chi connectivity index (χ0) is 18.1. The van der Waals surface area contributed by atoms with Crippen molar-refractivity contribution in [3.05, 3.63) is 66.0 Å². The molecule has 1 aliphatic rings. The van der Waals surface area contributed by atoms with E-state index >= 15 is 0 Å². The van der Waals surface area contributed by atoms with Gasteiger partial charge in [-0.05, 0) is 50.8 Å². The summed E-state index contributed by atoms with van der Waals surface area (Å²) in [7, 11) is 0. The zero-order valence-corrected chi connectivity index (χ0v) is 15.1. The molecule has 1 saturated carbocycles. The monoisotopic (exact) mass is 349 g/mol. The molecule has 1 amide bonds. The van der Waals surface area contributed by atoms with Gasteiger partial charge in [-0.1, -0.05) is 18.2 Å². The number of nitrogens with one attached hydrogen (secondary N) is 1. The van der Waals surface area contributed by atoms with Crippen molar-refractivity contribution in [2.45, 2.75) is 39.3 Å². The number of aromatic nitrogens is 4. The maximum atomic E-state index is 12.5. The fourth-order valence-corrected chi connectivity index (χ4v) is 3.33. The van der Waals surface area contributed by atoms with E-state index in [1.54, 1.807) is 6.20 Å². The molecule has 2 aromatic heterocycles. The lowest BCUT2D eigenvalue weighted by Crippen LogP contribution is -2.25. The minimum Gasteiger partial charge on any atom is -0.343 e. The highest BCUT2D eigenvalue weighted by Crippen LogP contribution is 2.39. The lowest BCUT2D eigenvalue weighted by molar-refractivity contribution is 0.0943. The summed E-state index contributed by atoms with van der Waals surface area (Å²) in [5.41, 5.74) is 2.51. The molecule has 0 radical (unpaired) electrons. The molecule has 0 spiro atoms. The average Bonchev–Trinajstić information content (AvgIpc) is 3.28. The lowest BCUT2D eigenvalue weighted by Gasteiger charge is -2.12. The minimum atomic E-state index is -0.169. The molecule has 0 saturated heterocycles. The molecular formula is C20H23N5O. The van der Waals surface area contributed by atoms with E-state index in [9.17, 15) is 4.79 Å². The van der Waals surface area contributed by atoms with Crippen LogP contribution in [0.5, 0.6) is 0 Å². The van der Waals surface area contributed by atoms with E-state index in [0.29, 0.717) is 24.2 Å². The predicted molar refractivity (Wildman–Crippen MR) is 99.1 cm³/mol. The van der Waals surface area contributed by atoms with Crippen molar-refractivity contribution in [1.82, 2.24) is 24.6 Å². The molecule has 26 heavy (non-hydrogen) atoms. The fraction of sp³-hybridized carbons (Fsp3) is 0.350. The molecule has 134 valence electrons. The number of benzene rings is 1. The fourth-order valence-electron chi connectivity index (χ4n) is 3.33. The van der Waals surface area contributed by atoms with Gasteiger partial charge >= 0.3 is 0 Å². The van der Waals surface area contributed by atoms with E-state index in [4.69, 9.17) is 0 Å². The van der Waals surface area contributed by atoms with E-state index in [1.807, 2.05) is 58.8 Å². The Morgan fingerprint density at radius 2 is 2.08 bits per heavy atom. The highest BCUT2D eigenvalue weighted by atomic mass is 16.1. The first-order chi connectivity index (χ1) is 12.6. The first kappa shape index (κ1) is 16.6. The van der Waals surface area contributed by atoms with Gasteiger partial charge in [0.05, 0.1) is 12.6 Å². The SMILES string of the molecule is Cc1cc(C(=O)NCc2nccn2-c2ccccc2)nn1[C@@H](C)C1CC1. The lowest BCUT2D eigenvalue weighted by atomic mass is 10.2. The molecule has 6 nitrogen and oxygen atoms in total. The third-order valence-corrected chi connectivity index (χ3v) is 5.00. The number of imidazole rings is 1. The molecule has 3 aromatic rings. The van der Waals surface area contributed by atoms with Gasteiger partial charge in [0.2, 0.25) is 0 Å². The van der Waals surface area contributed by atoms with Crippen LogP contribution in [0.1, 0.15) is 47.8 Å². The maximum Gasteiger partial charge on any atom is 0.272 e. The van der Waals surface area contributed by atoms with Gasteiger partial charge < -0.3 is 9.88 Å². The number of amides is 1. The molecule has 1 fully saturated rings. The molecule has 0 unspecified atom stereocenters. The summed E-state index contributed by atoms with van der Waals surface area (Å²) >= 11 is 0. The Bertz CT molecular complexity index is 907. The van der Waals surface area contributed by atoms with Gasteiger partial charge in [0, 0.05) is 23.8 Å². The summed E-state index contributed by atoms with van der Waals surface area (Å²) in [5.74, 6) is 1.31. The molecule has 1 atom stereocenters. The Balaban J connectivity index is 1.45. The number of nitrogens with zero attached hydrogens (tertiary/aromatic N) is 4. The molecule has 2 heterocycles. The van der Waals surface area contributed by atoms with Gasteiger partial charge in [-0.25, -0.2) is 4.98 Å². The van der Waals surface area contributed by atoms with E-state index in [2.05, 4.69) is 22.3 Å². The van der Waals surface area contributed by atoms with E-state index in [0.717, 1.165) is 17.2 Å². The topological polar surface area (TPSA) is 64.7 Å². The van der Waals surface area contributed by atoms with Crippen molar-refractivity contribution in [1.29, 1.82) is 0 Å². The van der Waals surface area contributed by atoms with Crippen LogP contribution in [0.2, 0.25) is 0 Å². The van der Waals surface area contributed by atoms with Crippen molar-refractivity contribution < 1.29 is 4.79 Å². The molecule has 6 heteroatoms. The van der Waals surface area contributed by atoms with E-state index in [-0.39, 0.29) is 5.91 Å². The van der Waals surface area contributed by atoms with Crippen molar-refractivity contribution in [2.75, 3.05) is 0 Å². The molecule has 1 aromatic carbocycles. The average molecular weight is 349 g/mol. The number of aryl methyl sites for hydroxylation is 1. The Morgan fingerprint density at radius 1 is 1.31 bits per heavy atom. The van der Waals surface area contributed by atoms with Crippen molar-refractivity contribution in [3.63, 3.8) is 0 Å². The molecule has 1 aliphatic carbocycles. The third kappa shape index (κ3) is 3.27. The number of para-hydroxylation sites is 1. The number of carbonyl (C=O) groups is 1. The largest absolute Gasteiger partial charge is 0.343 e. The summed E-state index contributed by atoms with van der Waals surface area (Å²) in [5, 5.41) is 7.47. The molecular weight excluding hydrogens is 326 g/mol. The Kier molecular flexibility index (Phi) is 4.32. The van der Waals surface area contributed by atoms with Gasteiger partial charge in [0.15, 0.2) is 0 Å². The molecule has 0 bridgehead atoms. The standard InChI is InChI=1S/C20H23N5O/c1-14-12-18(23-25(14)15(2)16-8-9-16)20(26)22-13-19-21-10-11-24(19)17-6-4-3-5-7-17/h3-7,10-12,15-16H,8-9,13H2,1-2H3,(H,22,26)/t15-/m0/s1. The second-order valence-electron chi connectivity index (χ2n) is 6.93. The van der Waals surface area contributed by atoms with Crippen molar-refractivity contribution in [2.24, 2.45) is 5.92 Å². The first-order valence-corrected chi connectivity index (χ1v) is 9.05. The van der Waals surface area contributed by atoms with E-state index < -0.39 is 0 Å². The van der Waals surface area contributed by atoms with Crippen LogP contribution in [0, 0.1) is 12.8 Å². The van der Waals surface area contributed by atoms with Crippen LogP contribution in [0.25, 0.3) is 5.69 Å². The van der Waals surface area contributed by atoms with Gasteiger partial charge in [-0.2, -0.15) is 5.10 Å². The maximum absolute atomic E-state index is 12.5. The highest BCUT2D eigenvalue weighted by molar-refractivity contribution is 5.92. The third-order valence-electron chi connectivity index (χ3n) is 5.00. The normalized spacial score (nSPS) is 15.0. The van der Waals surface area contributed by atoms with Crippen LogP contribution in [0.15, 0.2) is 48.8 Å². The molecule has 1 N–H and O–H groups in total. The Morgan fingerprint density at radius 3 is 2.81 bits per heavy atom. The quantitative estimate of drug-likeness (QED) is 0.743. The number of carbonyl (C=O) groups excluding carboxylic acids is 1. The molecule has 4 rings (SSSR count). The van der Waals surface area contributed by atoms with Crippen LogP contribution in [0.3, 0.4) is 0 Å². The van der Waals surface area contributed by atoms with Gasteiger partial charge in [0.1, 0.15) is 11.5 Å². The summed E-state index contributed by atoms with van der Waals surface area (Å²) < 4.78 is 3.96. The summed E-state index contributed by atoms with van der Waals surface area (Å²) in [6.07, 6.45) is 6.14. The van der Waals surface area contributed by atoms with Crippen molar-refractivity contribution in [3.8, 4) is 5.69 Å². The second-order valence-corrected chi connectivity index (χ2v) is 6.93. The minimum absolute atomic E-state index is 0.169. The van der Waals surface area contributed by atoms with E-state index in [1.165, 1.54) is 12.8 Å². The zero-order valence-electron chi connectivity index (χ0n) is 15.1. The highest BCUT2D eigenvalue weighted by Gasteiger charge is 2.30. The first-order valence-electron chi connectivity index (χ1n) is 9.05. The van der Waals surface area contributed by atoms with Crippen LogP contribution in [-0.2, 0) is 6.54 Å².